The SMILES string of the molecule is C=S(=O)(CC)c1ccc(CNc2nc3cnc(-c4c(OC)ncnc4C4CC4)nc3n([C@@H](C)C3CC3)c2=O)nc1. The molecule has 1 N–H and O–H groups in total. The van der Waals surface area contributed by atoms with Crippen molar-refractivity contribution >= 4 is 32.4 Å². The van der Waals surface area contributed by atoms with Crippen LogP contribution in [0.5, 0.6) is 5.88 Å². The highest BCUT2D eigenvalue weighted by Gasteiger charge is 2.34. The van der Waals surface area contributed by atoms with Crippen LogP contribution in [0, 0.1) is 5.92 Å². The van der Waals surface area contributed by atoms with Gasteiger partial charge in [0.15, 0.2) is 17.3 Å². The molecule has 2 saturated carbocycles. The highest BCUT2D eigenvalue weighted by Crippen LogP contribution is 2.45. The van der Waals surface area contributed by atoms with Gasteiger partial charge in [-0.05, 0) is 66.0 Å². The standard InChI is InChI=1S/C28H32N8O3S/c1-5-40(4,38)20-11-10-19(29-13-20)12-30-25-28(37)36(16(2)17-6-7-17)26-21(34-25)14-31-24(35-26)22-23(18-8-9-18)32-15-33-27(22)39-3/h10-11,13-18H,4-9,12H2,1-3H3,(H,30,34)/t16-,40?/m0/s1. The second-order valence-corrected chi connectivity index (χ2v) is 13.1. The molecule has 208 valence electrons. The van der Waals surface area contributed by atoms with E-state index in [1.165, 1.54) is 6.33 Å². The van der Waals surface area contributed by atoms with Crippen LogP contribution in [0.3, 0.4) is 0 Å². The van der Waals surface area contributed by atoms with Crippen molar-refractivity contribution in [3.8, 4) is 17.3 Å². The van der Waals surface area contributed by atoms with Gasteiger partial charge in [-0.3, -0.25) is 18.6 Å². The largest absolute Gasteiger partial charge is 0.480 e. The van der Waals surface area contributed by atoms with Crippen LogP contribution in [0.25, 0.3) is 22.6 Å². The first kappa shape index (κ1) is 26.3. The van der Waals surface area contributed by atoms with Crippen LogP contribution < -0.4 is 15.6 Å². The summed E-state index contributed by atoms with van der Waals surface area (Å²) in [5, 5.41) is 3.16. The van der Waals surface area contributed by atoms with Crippen LogP contribution in [-0.4, -0.2) is 57.4 Å². The Kier molecular flexibility index (Phi) is 6.73. The minimum absolute atomic E-state index is 0.0604. The van der Waals surface area contributed by atoms with Gasteiger partial charge in [-0.2, -0.15) is 0 Å². The van der Waals surface area contributed by atoms with Crippen molar-refractivity contribution in [2.75, 3.05) is 18.2 Å². The first-order valence-electron chi connectivity index (χ1n) is 13.5. The Balaban J connectivity index is 1.39. The van der Waals surface area contributed by atoms with Crippen molar-refractivity contribution in [1.29, 1.82) is 0 Å². The molecule has 2 atom stereocenters. The molecule has 0 aliphatic heterocycles. The van der Waals surface area contributed by atoms with E-state index in [4.69, 9.17) is 9.72 Å². The summed E-state index contributed by atoms with van der Waals surface area (Å²) in [6.45, 7) is 4.17. The number of nitrogens with one attached hydrogen (secondary N) is 1. The number of rotatable bonds is 10. The molecular formula is C28H32N8O3S. The number of hydrogen-bond acceptors (Lipinski definition) is 10. The van der Waals surface area contributed by atoms with Crippen molar-refractivity contribution in [2.24, 2.45) is 5.92 Å². The Bertz CT molecular complexity index is 1750. The topological polar surface area (TPSA) is 138 Å². The van der Waals surface area contributed by atoms with E-state index in [1.807, 2.05) is 6.92 Å². The molecular weight excluding hydrogens is 528 g/mol. The van der Waals surface area contributed by atoms with E-state index in [9.17, 15) is 9.00 Å². The van der Waals surface area contributed by atoms with Gasteiger partial charge in [-0.25, -0.2) is 24.9 Å². The zero-order valence-corrected chi connectivity index (χ0v) is 23.6. The van der Waals surface area contributed by atoms with E-state index in [2.05, 4.69) is 43.0 Å². The van der Waals surface area contributed by atoms with Gasteiger partial charge in [0.2, 0.25) is 5.88 Å². The van der Waals surface area contributed by atoms with E-state index in [0.717, 1.165) is 31.4 Å². The molecule has 2 fully saturated rings. The van der Waals surface area contributed by atoms with Crippen LogP contribution >= 0.6 is 0 Å². The zero-order valence-electron chi connectivity index (χ0n) is 22.8. The lowest BCUT2D eigenvalue weighted by Gasteiger charge is -2.19. The van der Waals surface area contributed by atoms with E-state index in [0.29, 0.717) is 56.6 Å². The van der Waals surface area contributed by atoms with Crippen molar-refractivity contribution in [3.05, 3.63) is 52.6 Å². The summed E-state index contributed by atoms with van der Waals surface area (Å²) in [5.74, 6) is 6.02. The maximum atomic E-state index is 13.8. The second kappa shape index (κ2) is 10.2. The van der Waals surface area contributed by atoms with Gasteiger partial charge >= 0.3 is 0 Å². The maximum absolute atomic E-state index is 13.8. The van der Waals surface area contributed by atoms with E-state index >= 15 is 0 Å². The van der Waals surface area contributed by atoms with Crippen LogP contribution in [0.15, 0.2) is 40.5 Å². The predicted molar refractivity (Wildman–Crippen MR) is 154 cm³/mol. The van der Waals surface area contributed by atoms with E-state index in [1.54, 1.807) is 36.2 Å². The molecule has 1 unspecified atom stereocenters. The van der Waals surface area contributed by atoms with E-state index < -0.39 is 9.52 Å². The Morgan fingerprint density at radius 1 is 1.12 bits per heavy atom. The first-order valence-corrected chi connectivity index (χ1v) is 15.4. The number of methoxy groups -OCH3 is 1. The molecule has 0 amide bonds. The molecule has 12 heteroatoms. The van der Waals surface area contributed by atoms with Crippen molar-refractivity contribution < 1.29 is 8.95 Å². The number of anilines is 1. The molecule has 6 rings (SSSR count). The van der Waals surface area contributed by atoms with Crippen LogP contribution in [0.1, 0.15) is 62.9 Å². The van der Waals surface area contributed by atoms with Gasteiger partial charge in [0.25, 0.3) is 5.56 Å². The fraction of sp³-hybridized carbons (Fsp3) is 0.429. The number of pyridine rings is 1. The van der Waals surface area contributed by atoms with Crippen LogP contribution in [0.4, 0.5) is 5.82 Å². The number of ether oxygens (including phenoxy) is 1. The Morgan fingerprint density at radius 2 is 1.93 bits per heavy atom. The molecule has 40 heavy (non-hydrogen) atoms. The summed E-state index contributed by atoms with van der Waals surface area (Å²) in [4.78, 5) is 41.8. The monoisotopic (exact) mass is 560 g/mol. The maximum Gasteiger partial charge on any atom is 0.295 e. The predicted octanol–water partition coefficient (Wildman–Crippen LogP) is 3.60. The lowest BCUT2D eigenvalue weighted by Crippen LogP contribution is -2.29. The Hall–Kier alpha value is -3.93. The summed E-state index contributed by atoms with van der Waals surface area (Å²) in [6.07, 6.45) is 8.96. The highest BCUT2D eigenvalue weighted by atomic mass is 32.2. The molecule has 0 aromatic carbocycles. The Labute approximate surface area is 232 Å². The molecule has 0 saturated heterocycles. The number of fused-ring (bicyclic) bond motifs is 1. The molecule has 0 radical (unpaired) electrons. The summed E-state index contributed by atoms with van der Waals surface area (Å²) >= 11 is 0. The minimum Gasteiger partial charge on any atom is -0.480 e. The summed E-state index contributed by atoms with van der Waals surface area (Å²) in [6, 6.07) is 3.50. The Morgan fingerprint density at radius 3 is 2.58 bits per heavy atom. The van der Waals surface area contributed by atoms with E-state index in [-0.39, 0.29) is 24.0 Å². The molecule has 4 aromatic heterocycles. The highest BCUT2D eigenvalue weighted by molar-refractivity contribution is 8.00. The summed E-state index contributed by atoms with van der Waals surface area (Å²) in [5.41, 5.74) is 2.95. The molecule has 0 spiro atoms. The van der Waals surface area contributed by atoms with Crippen molar-refractivity contribution in [1.82, 2.24) is 34.5 Å². The van der Waals surface area contributed by atoms with Crippen LogP contribution in [0.2, 0.25) is 0 Å². The third kappa shape index (κ3) is 4.91. The molecule has 2 aliphatic carbocycles. The average Bonchev–Trinajstić information content (AvgIpc) is 3.89. The van der Waals surface area contributed by atoms with Crippen molar-refractivity contribution in [3.63, 3.8) is 0 Å². The first-order chi connectivity index (χ1) is 19.3. The lowest BCUT2D eigenvalue weighted by atomic mass is 10.1. The van der Waals surface area contributed by atoms with Gasteiger partial charge in [0, 0.05) is 28.8 Å². The fourth-order valence-corrected chi connectivity index (χ4v) is 5.79. The smallest absolute Gasteiger partial charge is 0.295 e. The normalized spacial score (nSPS) is 17.4. The number of hydrogen-bond donors (Lipinski definition) is 1. The van der Waals surface area contributed by atoms with Gasteiger partial charge in [-0.1, -0.05) is 6.92 Å². The molecule has 2 aliphatic rings. The fourth-order valence-electron chi connectivity index (χ4n) is 4.89. The lowest BCUT2D eigenvalue weighted by molar-refractivity contribution is 0.397. The third-order valence-corrected chi connectivity index (χ3v) is 9.73. The number of nitrogens with zero attached hydrogens (tertiary/aromatic N) is 7. The summed E-state index contributed by atoms with van der Waals surface area (Å²) in [7, 11) is -0.774. The zero-order chi connectivity index (χ0) is 28.0. The molecule has 11 nitrogen and oxygen atoms in total. The second-order valence-electron chi connectivity index (χ2n) is 10.5. The quantitative estimate of drug-likeness (QED) is 0.286. The summed E-state index contributed by atoms with van der Waals surface area (Å²) < 4.78 is 19.8. The van der Waals surface area contributed by atoms with Crippen LogP contribution in [-0.2, 0) is 16.1 Å². The van der Waals surface area contributed by atoms with Crippen molar-refractivity contribution in [2.45, 2.75) is 62.9 Å². The minimum atomic E-state index is -2.34. The molecule has 4 heterocycles. The number of aromatic nitrogens is 7. The third-order valence-electron chi connectivity index (χ3n) is 7.70. The van der Waals surface area contributed by atoms with Gasteiger partial charge in [0.05, 0.1) is 31.2 Å². The van der Waals surface area contributed by atoms with Gasteiger partial charge in [0.1, 0.15) is 17.4 Å². The molecule has 4 aromatic rings. The molecule has 0 bridgehead atoms. The van der Waals surface area contributed by atoms with Gasteiger partial charge in [-0.15, -0.1) is 0 Å². The van der Waals surface area contributed by atoms with Gasteiger partial charge < -0.3 is 10.1 Å². The average molecular weight is 561 g/mol.